The van der Waals surface area contributed by atoms with Crippen LogP contribution in [0.5, 0.6) is 0 Å². The average Bonchev–Trinajstić information content (AvgIpc) is 3.64. The van der Waals surface area contributed by atoms with E-state index in [0.29, 0.717) is 11.4 Å². The lowest BCUT2D eigenvalue weighted by molar-refractivity contribution is -0.120. The van der Waals surface area contributed by atoms with Crippen LogP contribution in [0.15, 0.2) is 47.4 Å². The fourth-order valence-corrected chi connectivity index (χ4v) is 6.17. The van der Waals surface area contributed by atoms with Gasteiger partial charge in [-0.2, -0.15) is 0 Å². The van der Waals surface area contributed by atoms with Gasteiger partial charge in [0.25, 0.3) is 0 Å². The first-order valence-electron chi connectivity index (χ1n) is 10.9. The fraction of sp³-hybridized carbons (Fsp3) is 0.417. The molecule has 2 saturated carbocycles. The second kappa shape index (κ2) is 7.19. The van der Waals surface area contributed by atoms with Gasteiger partial charge in [0.05, 0.1) is 27.6 Å². The van der Waals surface area contributed by atoms with Crippen molar-refractivity contribution in [1.82, 2.24) is 0 Å². The molecule has 2 fully saturated rings. The molecule has 5 rings (SSSR count). The molecule has 2 aromatic carbocycles. The monoisotopic (exact) mass is 438 g/mol. The lowest BCUT2D eigenvalue weighted by Crippen LogP contribution is -2.51. The van der Waals surface area contributed by atoms with Crippen LogP contribution in [0.2, 0.25) is 0 Å². The largest absolute Gasteiger partial charge is 0.308 e. The Kier molecular flexibility index (Phi) is 4.70. The van der Waals surface area contributed by atoms with Crippen LogP contribution in [0.3, 0.4) is 0 Å². The van der Waals surface area contributed by atoms with Gasteiger partial charge in [-0.05, 0) is 68.0 Å². The van der Waals surface area contributed by atoms with Gasteiger partial charge >= 0.3 is 0 Å². The molecule has 0 saturated heterocycles. The highest BCUT2D eigenvalue weighted by Crippen LogP contribution is 2.42. The SMILES string of the molecule is CC(=O)N1c2ccc(-c3cccc(S(=O)(=O)C4CC4)c3)cc2N(C(=O)C2CC2)CC1C. The molecule has 0 aromatic heterocycles. The molecule has 2 aliphatic carbocycles. The molecule has 2 aromatic rings. The molecule has 0 radical (unpaired) electrons. The van der Waals surface area contributed by atoms with Crippen molar-refractivity contribution in [3.8, 4) is 11.1 Å². The molecule has 1 atom stereocenters. The fourth-order valence-electron chi connectivity index (χ4n) is 4.47. The van der Waals surface area contributed by atoms with Crippen LogP contribution in [-0.4, -0.2) is 38.1 Å². The summed E-state index contributed by atoms with van der Waals surface area (Å²) in [5, 5.41) is -0.261. The number of nitrogens with zero attached hydrogens (tertiary/aromatic N) is 2. The third-order valence-electron chi connectivity index (χ3n) is 6.40. The summed E-state index contributed by atoms with van der Waals surface area (Å²) in [6.07, 6.45) is 3.28. The van der Waals surface area contributed by atoms with Crippen LogP contribution in [0, 0.1) is 5.92 Å². The summed E-state index contributed by atoms with van der Waals surface area (Å²) in [5.74, 6) is 0.121. The van der Waals surface area contributed by atoms with E-state index < -0.39 is 9.84 Å². The van der Waals surface area contributed by atoms with E-state index >= 15 is 0 Å². The maximum atomic E-state index is 13.0. The van der Waals surface area contributed by atoms with Gasteiger partial charge in [-0.25, -0.2) is 8.42 Å². The zero-order valence-electron chi connectivity index (χ0n) is 17.7. The van der Waals surface area contributed by atoms with Crippen molar-refractivity contribution in [2.45, 2.75) is 55.7 Å². The highest BCUT2D eigenvalue weighted by molar-refractivity contribution is 7.92. The summed E-state index contributed by atoms with van der Waals surface area (Å²) in [5.41, 5.74) is 3.07. The number of carbonyl (C=O) groups is 2. The minimum Gasteiger partial charge on any atom is -0.308 e. The number of hydrogen-bond acceptors (Lipinski definition) is 4. The van der Waals surface area contributed by atoms with E-state index in [1.165, 1.54) is 0 Å². The van der Waals surface area contributed by atoms with Gasteiger partial charge in [0.15, 0.2) is 9.84 Å². The summed E-state index contributed by atoms with van der Waals surface area (Å²) in [7, 11) is -3.29. The minimum absolute atomic E-state index is 0.0578. The zero-order chi connectivity index (χ0) is 21.9. The molecule has 1 unspecified atom stereocenters. The van der Waals surface area contributed by atoms with E-state index in [0.717, 1.165) is 48.2 Å². The number of fused-ring (bicyclic) bond motifs is 1. The van der Waals surface area contributed by atoms with E-state index in [2.05, 4.69) is 0 Å². The molecule has 0 bridgehead atoms. The molecule has 6 nitrogen and oxygen atoms in total. The third kappa shape index (κ3) is 3.55. The standard InChI is InChI=1S/C24H26N2O4S/c1-15-14-25(24(28)17-6-7-17)23-13-19(8-11-22(23)26(15)16(2)27)18-4-3-5-21(12-18)31(29,30)20-9-10-20/h3-5,8,11-13,15,17,20H,6-7,9-10,14H2,1-2H3. The highest BCUT2D eigenvalue weighted by Gasteiger charge is 2.40. The summed E-state index contributed by atoms with van der Waals surface area (Å²) >= 11 is 0. The Bertz CT molecular complexity index is 1180. The van der Waals surface area contributed by atoms with E-state index in [1.807, 2.05) is 36.1 Å². The molecule has 162 valence electrons. The van der Waals surface area contributed by atoms with E-state index in [9.17, 15) is 18.0 Å². The van der Waals surface area contributed by atoms with Crippen molar-refractivity contribution in [2.24, 2.45) is 5.92 Å². The predicted molar refractivity (Wildman–Crippen MR) is 120 cm³/mol. The normalized spacial score (nSPS) is 21.0. The number of sulfone groups is 1. The van der Waals surface area contributed by atoms with Gasteiger partial charge in [0.1, 0.15) is 0 Å². The molecule has 0 N–H and O–H groups in total. The molecule has 0 spiro atoms. The van der Waals surface area contributed by atoms with E-state index in [1.54, 1.807) is 30.0 Å². The van der Waals surface area contributed by atoms with E-state index in [4.69, 9.17) is 0 Å². The molecule has 1 aliphatic heterocycles. The molecule has 3 aliphatic rings. The van der Waals surface area contributed by atoms with Crippen LogP contribution in [0.1, 0.15) is 39.5 Å². The highest BCUT2D eigenvalue weighted by atomic mass is 32.2. The van der Waals surface area contributed by atoms with Gasteiger partial charge in [-0.15, -0.1) is 0 Å². The van der Waals surface area contributed by atoms with Crippen LogP contribution >= 0.6 is 0 Å². The first-order valence-corrected chi connectivity index (χ1v) is 12.4. The van der Waals surface area contributed by atoms with Crippen molar-refractivity contribution in [2.75, 3.05) is 16.3 Å². The van der Waals surface area contributed by atoms with Crippen LogP contribution in [0.25, 0.3) is 11.1 Å². The second-order valence-corrected chi connectivity index (χ2v) is 11.2. The minimum atomic E-state index is -3.29. The molecule has 2 amide bonds. The molecule has 1 heterocycles. The summed E-state index contributed by atoms with van der Waals surface area (Å²) in [6.45, 7) is 3.96. The Balaban J connectivity index is 1.59. The zero-order valence-corrected chi connectivity index (χ0v) is 18.6. The van der Waals surface area contributed by atoms with Gasteiger partial charge in [-0.1, -0.05) is 18.2 Å². The lowest BCUT2D eigenvalue weighted by atomic mass is 10.00. The Hall–Kier alpha value is -2.67. The van der Waals surface area contributed by atoms with Crippen LogP contribution < -0.4 is 9.80 Å². The van der Waals surface area contributed by atoms with Gasteiger partial charge in [-0.3, -0.25) is 9.59 Å². The van der Waals surface area contributed by atoms with Gasteiger partial charge in [0, 0.05) is 19.4 Å². The van der Waals surface area contributed by atoms with Crippen molar-refractivity contribution < 1.29 is 18.0 Å². The number of benzene rings is 2. The molecular weight excluding hydrogens is 412 g/mol. The van der Waals surface area contributed by atoms with Crippen molar-refractivity contribution in [1.29, 1.82) is 0 Å². The lowest BCUT2D eigenvalue weighted by Gasteiger charge is -2.41. The number of anilines is 2. The number of carbonyl (C=O) groups excluding carboxylic acids is 2. The first-order chi connectivity index (χ1) is 14.8. The number of hydrogen-bond donors (Lipinski definition) is 0. The summed E-state index contributed by atoms with van der Waals surface area (Å²) < 4.78 is 25.4. The smallest absolute Gasteiger partial charge is 0.230 e. The molecule has 31 heavy (non-hydrogen) atoms. The van der Waals surface area contributed by atoms with Crippen molar-refractivity contribution in [3.05, 3.63) is 42.5 Å². The number of amides is 2. The quantitative estimate of drug-likeness (QED) is 0.728. The first kappa shape index (κ1) is 20.2. The number of rotatable bonds is 4. The summed E-state index contributed by atoms with van der Waals surface area (Å²) in [6, 6.07) is 12.6. The maximum Gasteiger partial charge on any atom is 0.230 e. The van der Waals surface area contributed by atoms with E-state index in [-0.39, 0.29) is 29.0 Å². The third-order valence-corrected chi connectivity index (χ3v) is 8.66. The van der Waals surface area contributed by atoms with Crippen LogP contribution in [0.4, 0.5) is 11.4 Å². The average molecular weight is 439 g/mol. The topological polar surface area (TPSA) is 74.8 Å². The van der Waals surface area contributed by atoms with Crippen molar-refractivity contribution >= 4 is 33.0 Å². The Morgan fingerprint density at radius 2 is 1.65 bits per heavy atom. The van der Waals surface area contributed by atoms with Crippen LogP contribution in [-0.2, 0) is 19.4 Å². The Morgan fingerprint density at radius 3 is 2.29 bits per heavy atom. The Labute approximate surface area is 182 Å². The predicted octanol–water partition coefficient (Wildman–Crippen LogP) is 3.79. The molecular formula is C24H26N2O4S. The Morgan fingerprint density at radius 1 is 0.935 bits per heavy atom. The van der Waals surface area contributed by atoms with Crippen molar-refractivity contribution in [3.63, 3.8) is 0 Å². The second-order valence-electron chi connectivity index (χ2n) is 8.94. The maximum absolute atomic E-state index is 13.0. The van der Waals surface area contributed by atoms with Gasteiger partial charge in [0.2, 0.25) is 11.8 Å². The molecule has 7 heteroatoms. The summed E-state index contributed by atoms with van der Waals surface area (Å²) in [4.78, 5) is 29.2. The van der Waals surface area contributed by atoms with Gasteiger partial charge < -0.3 is 9.80 Å².